The second-order valence-corrected chi connectivity index (χ2v) is 7.72. The van der Waals surface area contributed by atoms with Crippen LogP contribution >= 0.6 is 0 Å². The van der Waals surface area contributed by atoms with Crippen LogP contribution in [0.25, 0.3) is 0 Å². The van der Waals surface area contributed by atoms with Gasteiger partial charge in [-0.05, 0) is 12.8 Å². The zero-order valence-electron chi connectivity index (χ0n) is 17.8. The molecule has 0 saturated carbocycles. The van der Waals surface area contributed by atoms with Crippen molar-refractivity contribution >= 4 is 17.7 Å². The van der Waals surface area contributed by atoms with Crippen LogP contribution < -0.4 is 11.1 Å². The van der Waals surface area contributed by atoms with Gasteiger partial charge >= 0.3 is 5.97 Å². The van der Waals surface area contributed by atoms with E-state index in [1.165, 1.54) is 64.2 Å². The molecule has 0 aliphatic carbocycles. The van der Waals surface area contributed by atoms with Crippen LogP contribution in [0.5, 0.6) is 0 Å². The van der Waals surface area contributed by atoms with E-state index in [9.17, 15) is 14.4 Å². The molecule has 0 bridgehead atoms. The molecule has 0 aromatic rings. The number of carbonyl (C=O) groups excluding carboxylic acids is 2. The van der Waals surface area contributed by atoms with Crippen molar-refractivity contribution in [3.05, 3.63) is 0 Å². The minimum atomic E-state index is -0.986. The number of rotatable bonds is 20. The summed E-state index contributed by atoms with van der Waals surface area (Å²) in [6.45, 7) is 2.05. The minimum absolute atomic E-state index is 0.0930. The highest BCUT2D eigenvalue weighted by Gasteiger charge is 2.20. The zero-order chi connectivity index (χ0) is 21.0. The van der Waals surface area contributed by atoms with Crippen LogP contribution in [-0.2, 0) is 14.4 Å². The Morgan fingerprint density at radius 3 is 1.68 bits per heavy atom. The number of carboxylic acids is 1. The quantitative estimate of drug-likeness (QED) is 0.264. The number of hydrogen-bond acceptors (Lipinski definition) is 4. The molecule has 28 heavy (non-hydrogen) atoms. The van der Waals surface area contributed by atoms with Gasteiger partial charge in [-0.2, -0.15) is 0 Å². The summed E-state index contributed by atoms with van der Waals surface area (Å²) in [5, 5.41) is 11.4. The Hall–Kier alpha value is -1.43. The number of nitrogens with two attached hydrogens (primary N) is 1. The average molecular weight is 399 g/mol. The first-order chi connectivity index (χ1) is 13.5. The van der Waals surface area contributed by atoms with Crippen molar-refractivity contribution in [1.29, 1.82) is 0 Å². The van der Waals surface area contributed by atoms with Gasteiger partial charge in [0.05, 0.1) is 12.6 Å². The maximum atomic E-state index is 12.0. The highest BCUT2D eigenvalue weighted by atomic mass is 16.4. The van der Waals surface area contributed by atoms with E-state index >= 15 is 0 Å². The molecule has 1 atom stereocenters. The van der Waals surface area contributed by atoms with E-state index in [1.807, 2.05) is 0 Å². The molecule has 0 fully saturated rings. The average Bonchev–Trinajstić information content (AvgIpc) is 2.67. The number of ketones is 1. The second kappa shape index (κ2) is 18.9. The molecule has 1 amide bonds. The van der Waals surface area contributed by atoms with Gasteiger partial charge in [-0.15, -0.1) is 0 Å². The maximum Gasteiger partial charge on any atom is 0.303 e. The molecule has 6 heteroatoms. The molecule has 0 unspecified atom stereocenters. The zero-order valence-corrected chi connectivity index (χ0v) is 17.8. The SMILES string of the molecule is CCCCCCCCCCCCCCCC(=O)N[C@@H](CCC(=O)O)C(=O)CN. The van der Waals surface area contributed by atoms with Gasteiger partial charge in [-0.3, -0.25) is 14.4 Å². The smallest absolute Gasteiger partial charge is 0.303 e. The first kappa shape index (κ1) is 26.6. The van der Waals surface area contributed by atoms with E-state index in [2.05, 4.69) is 12.2 Å². The van der Waals surface area contributed by atoms with Crippen LogP contribution in [0.1, 0.15) is 110 Å². The van der Waals surface area contributed by atoms with Gasteiger partial charge in [0.25, 0.3) is 0 Å². The summed E-state index contributed by atoms with van der Waals surface area (Å²) in [4.78, 5) is 34.3. The molecule has 0 saturated heterocycles. The highest BCUT2D eigenvalue weighted by Crippen LogP contribution is 2.13. The Bertz CT molecular complexity index is 427. The van der Waals surface area contributed by atoms with Crippen LogP contribution in [-0.4, -0.2) is 35.4 Å². The first-order valence-corrected chi connectivity index (χ1v) is 11.2. The van der Waals surface area contributed by atoms with E-state index < -0.39 is 12.0 Å². The van der Waals surface area contributed by atoms with E-state index in [-0.39, 0.29) is 31.1 Å². The third-order valence-electron chi connectivity index (χ3n) is 5.08. The molecule has 0 heterocycles. The van der Waals surface area contributed by atoms with Crippen LogP contribution in [0.2, 0.25) is 0 Å². The minimum Gasteiger partial charge on any atom is -0.481 e. The van der Waals surface area contributed by atoms with Crippen LogP contribution in [0.3, 0.4) is 0 Å². The molecule has 0 radical (unpaired) electrons. The first-order valence-electron chi connectivity index (χ1n) is 11.2. The molecule has 6 nitrogen and oxygen atoms in total. The summed E-state index contributed by atoms with van der Waals surface area (Å²) < 4.78 is 0. The third kappa shape index (κ3) is 16.7. The van der Waals surface area contributed by atoms with Crippen molar-refractivity contribution in [2.24, 2.45) is 5.73 Å². The topological polar surface area (TPSA) is 109 Å². The molecule has 164 valence electrons. The van der Waals surface area contributed by atoms with Gasteiger partial charge in [0, 0.05) is 12.8 Å². The third-order valence-corrected chi connectivity index (χ3v) is 5.08. The lowest BCUT2D eigenvalue weighted by molar-refractivity contribution is -0.137. The van der Waals surface area contributed by atoms with Crippen molar-refractivity contribution in [1.82, 2.24) is 5.32 Å². The van der Waals surface area contributed by atoms with E-state index in [1.54, 1.807) is 0 Å². The second-order valence-electron chi connectivity index (χ2n) is 7.72. The Labute approximate surface area is 171 Å². The van der Waals surface area contributed by atoms with E-state index in [4.69, 9.17) is 10.8 Å². The normalized spacial score (nSPS) is 11.9. The molecule has 4 N–H and O–H groups in total. The molecular weight excluding hydrogens is 356 g/mol. The van der Waals surface area contributed by atoms with Crippen molar-refractivity contribution in [3.8, 4) is 0 Å². The Balaban J connectivity index is 3.61. The Morgan fingerprint density at radius 1 is 0.786 bits per heavy atom. The number of hydrogen-bond donors (Lipinski definition) is 3. The summed E-state index contributed by atoms with van der Waals surface area (Å²) in [5.74, 6) is -1.50. The highest BCUT2D eigenvalue weighted by molar-refractivity contribution is 5.90. The lowest BCUT2D eigenvalue weighted by atomic mass is 10.0. The van der Waals surface area contributed by atoms with Gasteiger partial charge < -0.3 is 16.2 Å². The lowest BCUT2D eigenvalue weighted by Crippen LogP contribution is -2.43. The predicted octanol–water partition coefficient (Wildman–Crippen LogP) is 4.35. The van der Waals surface area contributed by atoms with Gasteiger partial charge in [-0.1, -0.05) is 84.0 Å². The fourth-order valence-electron chi connectivity index (χ4n) is 3.29. The molecule has 0 aromatic carbocycles. The maximum absolute atomic E-state index is 12.0. The molecule has 0 rings (SSSR count). The van der Waals surface area contributed by atoms with Crippen LogP contribution in [0.4, 0.5) is 0 Å². The standard InChI is InChI=1S/C22H42N2O4/c1-2-3-4-5-6-7-8-9-10-11-12-13-14-15-21(26)24-19(20(25)18-23)16-17-22(27)28/h19H,2-18,23H2,1H3,(H,24,26)(H,27,28)/t19-/m0/s1. The van der Waals surface area contributed by atoms with Crippen LogP contribution in [0.15, 0.2) is 0 Å². The summed E-state index contributed by atoms with van der Waals surface area (Å²) >= 11 is 0. The van der Waals surface area contributed by atoms with Crippen LogP contribution in [0, 0.1) is 0 Å². The lowest BCUT2D eigenvalue weighted by Gasteiger charge is -2.16. The monoisotopic (exact) mass is 398 g/mol. The fraction of sp³-hybridized carbons (Fsp3) is 0.864. The van der Waals surface area contributed by atoms with Gasteiger partial charge in [-0.25, -0.2) is 0 Å². The Kier molecular flexibility index (Phi) is 17.9. The number of aliphatic carboxylic acids is 1. The summed E-state index contributed by atoms with van der Waals surface area (Å²) in [6.07, 6.45) is 16.5. The van der Waals surface area contributed by atoms with Crippen molar-refractivity contribution in [2.75, 3.05) is 6.54 Å². The molecule has 0 aliphatic heterocycles. The number of amides is 1. The molecular formula is C22H42N2O4. The summed E-state index contributed by atoms with van der Waals surface area (Å²) in [7, 11) is 0. The number of unbranched alkanes of at least 4 members (excludes halogenated alkanes) is 12. The number of Topliss-reactive ketones (excluding diaryl/α,β-unsaturated/α-hetero) is 1. The number of carbonyl (C=O) groups is 3. The number of nitrogens with one attached hydrogen (secondary N) is 1. The van der Waals surface area contributed by atoms with Crippen molar-refractivity contribution in [3.63, 3.8) is 0 Å². The molecule has 0 aliphatic rings. The number of carboxylic acid groups (broad SMARTS) is 1. The predicted molar refractivity (Wildman–Crippen MR) is 113 cm³/mol. The van der Waals surface area contributed by atoms with E-state index in [0.29, 0.717) is 6.42 Å². The van der Waals surface area contributed by atoms with Crippen molar-refractivity contribution in [2.45, 2.75) is 116 Å². The summed E-state index contributed by atoms with van der Waals surface area (Å²) in [5.41, 5.74) is 5.33. The fourth-order valence-corrected chi connectivity index (χ4v) is 3.29. The Morgan fingerprint density at radius 2 is 1.25 bits per heavy atom. The van der Waals surface area contributed by atoms with Crippen molar-refractivity contribution < 1.29 is 19.5 Å². The van der Waals surface area contributed by atoms with Gasteiger partial charge in [0.1, 0.15) is 0 Å². The van der Waals surface area contributed by atoms with E-state index in [0.717, 1.165) is 19.3 Å². The van der Waals surface area contributed by atoms with Gasteiger partial charge in [0.2, 0.25) is 5.91 Å². The summed E-state index contributed by atoms with van der Waals surface area (Å²) in [6, 6.07) is -0.782. The largest absolute Gasteiger partial charge is 0.481 e. The van der Waals surface area contributed by atoms with Gasteiger partial charge in [0.15, 0.2) is 5.78 Å². The molecule has 0 aromatic heterocycles. The molecule has 0 spiro atoms.